The summed E-state index contributed by atoms with van der Waals surface area (Å²) in [6, 6.07) is 11.2. The Morgan fingerprint density at radius 1 is 1.50 bits per heavy atom. The van der Waals surface area contributed by atoms with E-state index in [1.54, 1.807) is 0 Å². The van der Waals surface area contributed by atoms with Crippen LogP contribution in [0.25, 0.3) is 0 Å². The van der Waals surface area contributed by atoms with Crippen molar-refractivity contribution in [2.45, 2.75) is 12.8 Å². The Morgan fingerprint density at radius 3 is 3.00 bits per heavy atom. The Kier molecular flexibility index (Phi) is 2.75. The van der Waals surface area contributed by atoms with E-state index in [2.05, 4.69) is 18.7 Å². The zero-order valence-corrected chi connectivity index (χ0v) is 6.01. The van der Waals surface area contributed by atoms with E-state index >= 15 is 0 Å². The summed E-state index contributed by atoms with van der Waals surface area (Å²) in [5, 5.41) is 0. The SMILES string of the molecule is C=CCCc1[c]cccc1. The van der Waals surface area contributed by atoms with Gasteiger partial charge in [0.05, 0.1) is 0 Å². The van der Waals surface area contributed by atoms with Gasteiger partial charge in [-0.3, -0.25) is 0 Å². The second-order valence-corrected chi connectivity index (χ2v) is 2.22. The van der Waals surface area contributed by atoms with Crippen LogP contribution in [0.2, 0.25) is 0 Å². The molecule has 0 heterocycles. The van der Waals surface area contributed by atoms with E-state index in [0.717, 1.165) is 12.8 Å². The largest absolute Gasteiger partial charge is 0.103 e. The first-order chi connectivity index (χ1) is 4.93. The summed E-state index contributed by atoms with van der Waals surface area (Å²) in [5.74, 6) is 0. The summed E-state index contributed by atoms with van der Waals surface area (Å²) in [6.07, 6.45) is 4.03. The first kappa shape index (κ1) is 7.07. The van der Waals surface area contributed by atoms with Crippen molar-refractivity contribution < 1.29 is 0 Å². The third kappa shape index (κ3) is 2.06. The van der Waals surface area contributed by atoms with Crippen LogP contribution in [0.5, 0.6) is 0 Å². The highest BCUT2D eigenvalue weighted by atomic mass is 13.9. The van der Waals surface area contributed by atoms with Crippen LogP contribution in [0.4, 0.5) is 0 Å². The molecule has 0 aliphatic rings. The monoisotopic (exact) mass is 131 g/mol. The quantitative estimate of drug-likeness (QED) is 0.553. The lowest BCUT2D eigenvalue weighted by molar-refractivity contribution is 1.00. The highest BCUT2D eigenvalue weighted by Crippen LogP contribution is 2.00. The van der Waals surface area contributed by atoms with Gasteiger partial charge in [0, 0.05) is 0 Å². The molecule has 51 valence electrons. The molecule has 0 saturated heterocycles. The van der Waals surface area contributed by atoms with Gasteiger partial charge in [-0.2, -0.15) is 0 Å². The predicted octanol–water partition coefficient (Wildman–Crippen LogP) is 2.61. The lowest BCUT2D eigenvalue weighted by Crippen LogP contribution is -1.80. The second-order valence-electron chi connectivity index (χ2n) is 2.22. The highest BCUT2D eigenvalue weighted by Gasteiger charge is 1.86. The summed E-state index contributed by atoms with van der Waals surface area (Å²) >= 11 is 0. The minimum atomic E-state index is 1.04. The Bertz CT molecular complexity index is 186. The van der Waals surface area contributed by atoms with E-state index in [-0.39, 0.29) is 0 Å². The van der Waals surface area contributed by atoms with E-state index in [1.807, 2.05) is 24.3 Å². The molecule has 0 N–H and O–H groups in total. The predicted molar refractivity (Wildman–Crippen MR) is 43.8 cm³/mol. The first-order valence-corrected chi connectivity index (χ1v) is 3.50. The van der Waals surface area contributed by atoms with Crippen molar-refractivity contribution in [3.63, 3.8) is 0 Å². The molecule has 0 bridgehead atoms. The van der Waals surface area contributed by atoms with E-state index in [1.165, 1.54) is 5.56 Å². The molecule has 0 saturated carbocycles. The zero-order valence-electron chi connectivity index (χ0n) is 6.01. The zero-order chi connectivity index (χ0) is 7.23. The first-order valence-electron chi connectivity index (χ1n) is 3.50. The summed E-state index contributed by atoms with van der Waals surface area (Å²) in [4.78, 5) is 0. The van der Waals surface area contributed by atoms with Crippen LogP contribution in [0.1, 0.15) is 12.0 Å². The van der Waals surface area contributed by atoms with E-state index < -0.39 is 0 Å². The summed E-state index contributed by atoms with van der Waals surface area (Å²) in [5.41, 5.74) is 1.27. The minimum absolute atomic E-state index is 1.04. The fraction of sp³-hybridized carbons (Fsp3) is 0.200. The van der Waals surface area contributed by atoms with Crippen LogP contribution in [-0.4, -0.2) is 0 Å². The Morgan fingerprint density at radius 2 is 2.40 bits per heavy atom. The summed E-state index contributed by atoms with van der Waals surface area (Å²) in [6.45, 7) is 3.66. The molecule has 0 nitrogen and oxygen atoms in total. The molecular weight excluding hydrogens is 120 g/mol. The molecule has 0 fully saturated rings. The van der Waals surface area contributed by atoms with Crippen molar-refractivity contribution in [1.29, 1.82) is 0 Å². The van der Waals surface area contributed by atoms with Crippen molar-refractivity contribution >= 4 is 0 Å². The maximum atomic E-state index is 3.66. The van der Waals surface area contributed by atoms with Crippen molar-refractivity contribution in [3.8, 4) is 0 Å². The van der Waals surface area contributed by atoms with Gasteiger partial charge in [-0.25, -0.2) is 0 Å². The lowest BCUT2D eigenvalue weighted by atomic mass is 10.1. The lowest BCUT2D eigenvalue weighted by Gasteiger charge is -1.93. The third-order valence-electron chi connectivity index (χ3n) is 1.39. The maximum Gasteiger partial charge on any atom is -0.0149 e. The molecule has 1 rings (SSSR count). The van der Waals surface area contributed by atoms with Gasteiger partial charge in [0.15, 0.2) is 0 Å². The third-order valence-corrected chi connectivity index (χ3v) is 1.39. The van der Waals surface area contributed by atoms with Gasteiger partial charge in [0.2, 0.25) is 0 Å². The van der Waals surface area contributed by atoms with E-state index in [9.17, 15) is 0 Å². The van der Waals surface area contributed by atoms with Gasteiger partial charge in [0.1, 0.15) is 0 Å². The van der Waals surface area contributed by atoms with Crippen molar-refractivity contribution in [2.75, 3.05) is 0 Å². The fourth-order valence-electron chi connectivity index (χ4n) is 0.844. The number of rotatable bonds is 3. The average molecular weight is 131 g/mol. The highest BCUT2D eigenvalue weighted by molar-refractivity contribution is 5.13. The Balaban J connectivity index is 2.50. The number of benzene rings is 1. The molecule has 1 radical (unpaired) electrons. The molecule has 0 spiro atoms. The van der Waals surface area contributed by atoms with Gasteiger partial charge in [-0.05, 0) is 24.5 Å². The second kappa shape index (κ2) is 3.89. The van der Waals surface area contributed by atoms with E-state index in [0.29, 0.717) is 0 Å². The average Bonchev–Trinajstić information content (AvgIpc) is 2.03. The number of hydrogen-bond donors (Lipinski definition) is 0. The summed E-state index contributed by atoms with van der Waals surface area (Å²) in [7, 11) is 0. The maximum absolute atomic E-state index is 3.66. The smallest absolute Gasteiger partial charge is 0.0149 e. The van der Waals surface area contributed by atoms with Gasteiger partial charge in [-0.15, -0.1) is 6.58 Å². The molecular formula is C10H11. The topological polar surface area (TPSA) is 0 Å². The fourth-order valence-corrected chi connectivity index (χ4v) is 0.844. The van der Waals surface area contributed by atoms with Crippen LogP contribution >= 0.6 is 0 Å². The van der Waals surface area contributed by atoms with Crippen molar-refractivity contribution in [3.05, 3.63) is 48.6 Å². The Hall–Kier alpha value is -1.04. The van der Waals surface area contributed by atoms with Crippen LogP contribution in [0.3, 0.4) is 0 Å². The van der Waals surface area contributed by atoms with Gasteiger partial charge >= 0.3 is 0 Å². The molecule has 0 atom stereocenters. The number of hydrogen-bond acceptors (Lipinski definition) is 0. The molecule has 1 aromatic carbocycles. The van der Waals surface area contributed by atoms with Gasteiger partial charge in [-0.1, -0.05) is 30.3 Å². The molecule has 0 aliphatic heterocycles. The molecule has 0 amide bonds. The Labute approximate surface area is 62.2 Å². The van der Waals surface area contributed by atoms with Crippen LogP contribution < -0.4 is 0 Å². The molecule has 1 aromatic rings. The molecule has 0 aromatic heterocycles. The van der Waals surface area contributed by atoms with Gasteiger partial charge in [0.25, 0.3) is 0 Å². The summed E-state index contributed by atoms with van der Waals surface area (Å²) < 4.78 is 0. The van der Waals surface area contributed by atoms with Gasteiger partial charge < -0.3 is 0 Å². The van der Waals surface area contributed by atoms with Crippen LogP contribution in [0, 0.1) is 6.07 Å². The standard InChI is InChI=1S/C10H11/c1-2-3-7-10-8-5-4-6-9-10/h2,4-6,8H,1,3,7H2. The molecule has 0 unspecified atom stereocenters. The minimum Gasteiger partial charge on any atom is -0.103 e. The van der Waals surface area contributed by atoms with Crippen molar-refractivity contribution in [1.82, 2.24) is 0 Å². The van der Waals surface area contributed by atoms with E-state index in [4.69, 9.17) is 0 Å². The van der Waals surface area contributed by atoms with Crippen LogP contribution in [-0.2, 0) is 6.42 Å². The van der Waals surface area contributed by atoms with Crippen molar-refractivity contribution in [2.24, 2.45) is 0 Å². The number of allylic oxidation sites excluding steroid dienone is 1. The molecule has 10 heavy (non-hydrogen) atoms. The molecule has 0 aliphatic carbocycles. The van der Waals surface area contributed by atoms with Crippen LogP contribution in [0.15, 0.2) is 36.9 Å². The normalized spacial score (nSPS) is 9.20. The number of aryl methyl sites for hydroxylation is 1. The molecule has 0 heteroatoms.